The van der Waals surface area contributed by atoms with Gasteiger partial charge in [-0.15, -0.1) is 17.0 Å². The molecule has 0 amide bonds. The van der Waals surface area contributed by atoms with E-state index in [9.17, 15) is 0 Å². The second kappa shape index (κ2) is 8.32. The smallest absolute Gasteiger partial charge is 0.193 e. The third-order valence-corrected chi connectivity index (χ3v) is 2.57. The maximum Gasteiger partial charge on any atom is 0.193 e. The van der Waals surface area contributed by atoms with Crippen LogP contribution < -0.4 is 11.1 Å². The molecule has 0 aromatic heterocycles. The van der Waals surface area contributed by atoms with Crippen LogP contribution in [0.5, 0.6) is 0 Å². The lowest BCUT2D eigenvalue weighted by molar-refractivity contribution is 0.965. The second-order valence-corrected chi connectivity index (χ2v) is 3.99. The van der Waals surface area contributed by atoms with E-state index in [0.717, 1.165) is 12.1 Å². The third-order valence-electron chi connectivity index (χ3n) is 2.57. The Morgan fingerprint density at radius 2 is 1.53 bits per heavy atom. The van der Waals surface area contributed by atoms with Crippen LogP contribution >= 0.6 is 17.0 Å². The first kappa shape index (κ1) is 15.2. The van der Waals surface area contributed by atoms with Crippen LogP contribution in [0.25, 0.3) is 0 Å². The highest BCUT2D eigenvalue weighted by atomic mass is 79.9. The van der Waals surface area contributed by atoms with Gasteiger partial charge in [0.2, 0.25) is 0 Å². The van der Waals surface area contributed by atoms with Gasteiger partial charge in [-0.1, -0.05) is 48.5 Å². The molecule has 0 bridgehead atoms. The average Bonchev–Trinajstić information content (AvgIpc) is 2.41. The Kier molecular flexibility index (Phi) is 6.68. The van der Waals surface area contributed by atoms with Crippen LogP contribution in [0.15, 0.2) is 65.7 Å². The van der Waals surface area contributed by atoms with Gasteiger partial charge in [0.25, 0.3) is 0 Å². The lowest BCUT2D eigenvalue weighted by atomic mass is 10.2. The highest BCUT2D eigenvalue weighted by Gasteiger charge is 1.94. The predicted molar refractivity (Wildman–Crippen MR) is 87.0 cm³/mol. The maximum atomic E-state index is 5.81. The van der Waals surface area contributed by atoms with Gasteiger partial charge in [-0.3, -0.25) is 4.99 Å². The Labute approximate surface area is 124 Å². The highest BCUT2D eigenvalue weighted by molar-refractivity contribution is 8.93. The van der Waals surface area contributed by atoms with Gasteiger partial charge in [0.15, 0.2) is 5.96 Å². The quantitative estimate of drug-likeness (QED) is 0.671. The van der Waals surface area contributed by atoms with Crippen molar-refractivity contribution in [1.29, 1.82) is 0 Å². The third kappa shape index (κ3) is 5.57. The van der Waals surface area contributed by atoms with Crippen molar-refractivity contribution in [2.24, 2.45) is 10.7 Å². The second-order valence-electron chi connectivity index (χ2n) is 3.99. The summed E-state index contributed by atoms with van der Waals surface area (Å²) in [6.07, 6.45) is 0.901. The summed E-state index contributed by atoms with van der Waals surface area (Å²) in [4.78, 5) is 4.30. The Morgan fingerprint density at radius 1 is 0.947 bits per heavy atom. The number of rotatable bonds is 4. The van der Waals surface area contributed by atoms with E-state index in [0.29, 0.717) is 12.5 Å². The van der Waals surface area contributed by atoms with Crippen molar-refractivity contribution in [3.8, 4) is 0 Å². The van der Waals surface area contributed by atoms with Crippen LogP contribution in [0, 0.1) is 0 Å². The monoisotopic (exact) mass is 319 g/mol. The van der Waals surface area contributed by atoms with Crippen molar-refractivity contribution in [3.63, 3.8) is 0 Å². The number of hydrogen-bond donors (Lipinski definition) is 2. The molecule has 4 heteroatoms. The molecule has 3 N–H and O–H groups in total. The van der Waals surface area contributed by atoms with Gasteiger partial charge < -0.3 is 11.1 Å². The molecule has 100 valence electrons. The lowest BCUT2D eigenvalue weighted by Gasteiger charge is -2.05. The van der Waals surface area contributed by atoms with Crippen molar-refractivity contribution in [3.05, 3.63) is 66.2 Å². The van der Waals surface area contributed by atoms with Crippen LogP contribution in [0.1, 0.15) is 5.56 Å². The Hall–Kier alpha value is -1.81. The van der Waals surface area contributed by atoms with Crippen LogP contribution in [0.3, 0.4) is 0 Å². The number of anilines is 1. The number of benzene rings is 2. The van der Waals surface area contributed by atoms with Crippen molar-refractivity contribution >= 4 is 28.6 Å². The van der Waals surface area contributed by atoms with E-state index in [1.165, 1.54) is 5.56 Å². The first-order valence-corrected chi connectivity index (χ1v) is 6.00. The first-order valence-electron chi connectivity index (χ1n) is 6.00. The lowest BCUT2D eigenvalue weighted by Crippen LogP contribution is -2.22. The molecule has 0 saturated carbocycles. The number of guanidine groups is 1. The summed E-state index contributed by atoms with van der Waals surface area (Å²) in [5, 5.41) is 3.06. The standard InChI is InChI=1S/C15H17N3.BrH/c16-15(18-14-9-5-2-6-10-14)17-12-11-13-7-3-1-4-8-13;/h1-10H,11-12H2,(H3,16,17,18);1H. The zero-order chi connectivity index (χ0) is 12.6. The Balaban J connectivity index is 0.00000180. The predicted octanol–water partition coefficient (Wildman–Crippen LogP) is 3.23. The van der Waals surface area contributed by atoms with E-state index in [4.69, 9.17) is 5.73 Å². The minimum Gasteiger partial charge on any atom is -0.370 e. The first-order chi connectivity index (χ1) is 8.84. The Bertz CT molecular complexity index is 497. The van der Waals surface area contributed by atoms with Gasteiger partial charge in [0.05, 0.1) is 0 Å². The van der Waals surface area contributed by atoms with E-state index in [1.807, 2.05) is 48.5 Å². The van der Waals surface area contributed by atoms with Crippen molar-refractivity contribution in [2.75, 3.05) is 11.9 Å². The van der Waals surface area contributed by atoms with Crippen LogP contribution in [-0.4, -0.2) is 12.5 Å². The fourth-order valence-corrected chi connectivity index (χ4v) is 1.66. The number of halogens is 1. The van der Waals surface area contributed by atoms with Gasteiger partial charge in [-0.2, -0.15) is 0 Å². The van der Waals surface area contributed by atoms with E-state index in [1.54, 1.807) is 0 Å². The van der Waals surface area contributed by atoms with Crippen LogP contribution in [0.4, 0.5) is 5.69 Å². The molecular weight excluding hydrogens is 302 g/mol. The summed E-state index contributed by atoms with van der Waals surface area (Å²) in [6.45, 7) is 0.690. The number of nitrogens with zero attached hydrogens (tertiary/aromatic N) is 1. The molecule has 0 aliphatic carbocycles. The van der Waals surface area contributed by atoms with E-state index >= 15 is 0 Å². The molecule has 0 unspecified atom stereocenters. The molecular formula is C15H18BrN3. The molecule has 0 saturated heterocycles. The normalized spacial score (nSPS) is 10.6. The molecule has 2 rings (SSSR count). The zero-order valence-electron chi connectivity index (χ0n) is 10.6. The molecule has 0 aliphatic rings. The van der Waals surface area contributed by atoms with E-state index in [2.05, 4.69) is 22.4 Å². The molecule has 19 heavy (non-hydrogen) atoms. The molecule has 2 aromatic carbocycles. The van der Waals surface area contributed by atoms with Gasteiger partial charge >= 0.3 is 0 Å². The largest absolute Gasteiger partial charge is 0.370 e. The van der Waals surface area contributed by atoms with E-state index < -0.39 is 0 Å². The summed E-state index contributed by atoms with van der Waals surface area (Å²) >= 11 is 0. The van der Waals surface area contributed by atoms with Gasteiger partial charge in [-0.05, 0) is 24.1 Å². The fourth-order valence-electron chi connectivity index (χ4n) is 1.66. The average molecular weight is 320 g/mol. The summed E-state index contributed by atoms with van der Waals surface area (Å²) < 4.78 is 0. The van der Waals surface area contributed by atoms with Crippen molar-refractivity contribution in [1.82, 2.24) is 0 Å². The number of hydrogen-bond acceptors (Lipinski definition) is 1. The van der Waals surface area contributed by atoms with Crippen molar-refractivity contribution in [2.45, 2.75) is 6.42 Å². The summed E-state index contributed by atoms with van der Waals surface area (Å²) in [5.41, 5.74) is 8.04. The summed E-state index contributed by atoms with van der Waals surface area (Å²) in [5.74, 6) is 0.456. The Morgan fingerprint density at radius 3 is 2.16 bits per heavy atom. The summed E-state index contributed by atoms with van der Waals surface area (Å²) in [6, 6.07) is 20.1. The molecule has 0 fully saturated rings. The zero-order valence-corrected chi connectivity index (χ0v) is 12.3. The minimum absolute atomic E-state index is 0. The molecule has 0 radical (unpaired) electrons. The van der Waals surface area contributed by atoms with Crippen LogP contribution in [0.2, 0.25) is 0 Å². The fraction of sp³-hybridized carbons (Fsp3) is 0.133. The number of para-hydroxylation sites is 1. The van der Waals surface area contributed by atoms with Gasteiger partial charge in [0.1, 0.15) is 0 Å². The molecule has 0 aliphatic heterocycles. The maximum absolute atomic E-state index is 5.81. The van der Waals surface area contributed by atoms with E-state index in [-0.39, 0.29) is 17.0 Å². The SMILES string of the molecule is Br.NC(=NCCc1ccccc1)Nc1ccccc1. The topological polar surface area (TPSA) is 50.4 Å². The molecule has 3 nitrogen and oxygen atoms in total. The molecule has 0 spiro atoms. The number of nitrogens with one attached hydrogen (secondary N) is 1. The number of nitrogens with two attached hydrogens (primary N) is 1. The molecule has 0 atom stereocenters. The highest BCUT2D eigenvalue weighted by Crippen LogP contribution is 2.04. The molecule has 2 aromatic rings. The van der Waals surface area contributed by atoms with Gasteiger partial charge in [-0.25, -0.2) is 0 Å². The minimum atomic E-state index is 0. The van der Waals surface area contributed by atoms with Gasteiger partial charge in [0, 0.05) is 12.2 Å². The number of aliphatic imine (C=N–C) groups is 1. The van der Waals surface area contributed by atoms with Crippen molar-refractivity contribution < 1.29 is 0 Å². The molecule has 0 heterocycles. The summed E-state index contributed by atoms with van der Waals surface area (Å²) in [7, 11) is 0. The van der Waals surface area contributed by atoms with Crippen LogP contribution in [-0.2, 0) is 6.42 Å².